The number of nitrogens with one attached hydrogen (secondary N) is 1. The van der Waals surface area contributed by atoms with Crippen molar-refractivity contribution in [2.75, 3.05) is 6.54 Å². The number of carbonyl (C=O) groups is 1. The zero-order valence-corrected chi connectivity index (χ0v) is 10.0. The lowest BCUT2D eigenvalue weighted by molar-refractivity contribution is -0.562. The van der Waals surface area contributed by atoms with Crippen LogP contribution in [0.25, 0.3) is 0 Å². The molecular formula is C10H13ClN2O4. The van der Waals surface area contributed by atoms with E-state index in [-0.39, 0.29) is 6.42 Å². The Hall–Kier alpha value is -1.40. The molecule has 17 heavy (non-hydrogen) atoms. The van der Waals surface area contributed by atoms with Gasteiger partial charge in [0.15, 0.2) is 0 Å². The highest BCUT2D eigenvalue weighted by atomic mass is 35.5. The quantitative estimate of drug-likeness (QED) is 0.444. The van der Waals surface area contributed by atoms with Crippen molar-refractivity contribution in [3.8, 4) is 0 Å². The van der Waals surface area contributed by atoms with Crippen LogP contribution in [0, 0.1) is 10.1 Å². The number of halogens is 1. The normalized spacial score (nSPS) is 23.9. The number of nitrogens with zero attached hydrogens (tertiary/aromatic N) is 1. The molecule has 0 spiro atoms. The van der Waals surface area contributed by atoms with Crippen molar-refractivity contribution < 1.29 is 14.8 Å². The first-order chi connectivity index (χ1) is 7.91. The van der Waals surface area contributed by atoms with E-state index in [1.807, 2.05) is 6.92 Å². The summed E-state index contributed by atoms with van der Waals surface area (Å²) in [6.07, 6.45) is 3.53. The van der Waals surface area contributed by atoms with Gasteiger partial charge < -0.3 is 5.11 Å². The lowest BCUT2D eigenvalue weighted by Gasteiger charge is -2.25. The maximum absolute atomic E-state index is 11.1. The number of carboxylic acid groups (broad SMARTS) is 1. The molecule has 0 saturated heterocycles. The van der Waals surface area contributed by atoms with E-state index in [9.17, 15) is 14.9 Å². The molecule has 0 fully saturated rings. The molecular weight excluding hydrogens is 248 g/mol. The largest absolute Gasteiger partial charge is 0.480 e. The summed E-state index contributed by atoms with van der Waals surface area (Å²) in [5.41, 5.74) is -0.921. The van der Waals surface area contributed by atoms with E-state index in [2.05, 4.69) is 5.32 Å². The van der Waals surface area contributed by atoms with Gasteiger partial charge in [-0.3, -0.25) is 14.9 Å². The van der Waals surface area contributed by atoms with Gasteiger partial charge in [0.05, 0.1) is 6.42 Å². The Bertz CT molecular complexity index is 405. The third-order valence-corrected chi connectivity index (χ3v) is 2.96. The van der Waals surface area contributed by atoms with Gasteiger partial charge in [0.1, 0.15) is 6.54 Å². The Labute approximate surface area is 103 Å². The number of allylic oxidation sites excluding steroid dienone is 2. The minimum Gasteiger partial charge on any atom is -0.480 e. The third kappa shape index (κ3) is 3.04. The SMILES string of the molecule is CCC1=CC(NCC(=O)O)([N+](=O)[O-])CC=C1Cl. The standard InChI is InChI=1S/C10H13ClN2O4/c1-2-7-5-10(13(16)17,4-3-8(7)11)12-6-9(14)15/h3,5,12H,2,4,6H2,1H3,(H,14,15). The van der Waals surface area contributed by atoms with Gasteiger partial charge in [-0.25, -0.2) is 5.32 Å². The molecule has 0 amide bonds. The van der Waals surface area contributed by atoms with Crippen molar-refractivity contribution in [3.05, 3.63) is 32.9 Å². The van der Waals surface area contributed by atoms with Crippen LogP contribution in [-0.2, 0) is 4.79 Å². The third-order valence-electron chi connectivity index (χ3n) is 2.56. The summed E-state index contributed by atoms with van der Waals surface area (Å²) in [7, 11) is 0. The van der Waals surface area contributed by atoms with E-state index < -0.39 is 23.1 Å². The highest BCUT2D eigenvalue weighted by molar-refractivity contribution is 6.32. The van der Waals surface area contributed by atoms with Crippen molar-refractivity contribution in [1.29, 1.82) is 0 Å². The van der Waals surface area contributed by atoms with Gasteiger partial charge in [-0.15, -0.1) is 0 Å². The van der Waals surface area contributed by atoms with Crippen LogP contribution in [0.1, 0.15) is 19.8 Å². The maximum atomic E-state index is 11.1. The highest BCUT2D eigenvalue weighted by Crippen LogP contribution is 2.30. The number of hydrogen-bond donors (Lipinski definition) is 2. The Morgan fingerprint density at radius 1 is 1.76 bits per heavy atom. The minimum atomic E-state index is -1.57. The van der Waals surface area contributed by atoms with Crippen molar-refractivity contribution in [2.45, 2.75) is 25.4 Å². The molecule has 0 bridgehead atoms. The average molecular weight is 261 g/mol. The van der Waals surface area contributed by atoms with Crippen LogP contribution in [0.15, 0.2) is 22.8 Å². The predicted molar refractivity (Wildman–Crippen MR) is 62.3 cm³/mol. The minimum absolute atomic E-state index is 0.0373. The molecule has 0 aromatic rings. The fourth-order valence-corrected chi connectivity index (χ4v) is 1.87. The molecule has 94 valence electrons. The van der Waals surface area contributed by atoms with E-state index in [0.717, 1.165) is 0 Å². The maximum Gasteiger partial charge on any atom is 0.317 e. The summed E-state index contributed by atoms with van der Waals surface area (Å²) in [6, 6.07) is 0. The van der Waals surface area contributed by atoms with Gasteiger partial charge in [-0.05, 0) is 12.0 Å². The van der Waals surface area contributed by atoms with Gasteiger partial charge in [0.25, 0.3) is 5.66 Å². The van der Waals surface area contributed by atoms with Gasteiger partial charge in [0, 0.05) is 16.0 Å². The molecule has 1 atom stereocenters. The molecule has 2 N–H and O–H groups in total. The fourth-order valence-electron chi connectivity index (χ4n) is 1.61. The number of nitro groups is 1. The average Bonchev–Trinajstić information content (AvgIpc) is 2.28. The Morgan fingerprint density at radius 2 is 2.41 bits per heavy atom. The summed E-state index contributed by atoms with van der Waals surface area (Å²) in [5.74, 6) is -1.14. The van der Waals surface area contributed by atoms with Gasteiger partial charge >= 0.3 is 5.97 Å². The van der Waals surface area contributed by atoms with Crippen LogP contribution in [0.4, 0.5) is 0 Å². The van der Waals surface area contributed by atoms with Crippen LogP contribution >= 0.6 is 11.6 Å². The zero-order valence-electron chi connectivity index (χ0n) is 9.27. The molecule has 0 heterocycles. The second-order valence-electron chi connectivity index (χ2n) is 3.71. The lowest BCUT2D eigenvalue weighted by atomic mass is 9.95. The molecule has 1 unspecified atom stereocenters. The van der Waals surface area contributed by atoms with Crippen molar-refractivity contribution in [1.82, 2.24) is 5.32 Å². The Balaban J connectivity index is 2.99. The van der Waals surface area contributed by atoms with Crippen molar-refractivity contribution in [3.63, 3.8) is 0 Å². The summed E-state index contributed by atoms with van der Waals surface area (Å²) in [6.45, 7) is 1.36. The van der Waals surface area contributed by atoms with Gasteiger partial charge in [-0.1, -0.05) is 24.6 Å². The molecule has 7 heteroatoms. The molecule has 0 aromatic carbocycles. The van der Waals surface area contributed by atoms with E-state index >= 15 is 0 Å². The molecule has 0 saturated carbocycles. The number of aliphatic carboxylic acids is 1. The van der Waals surface area contributed by atoms with E-state index in [1.54, 1.807) is 0 Å². The molecule has 1 rings (SSSR count). The first-order valence-electron chi connectivity index (χ1n) is 5.10. The predicted octanol–water partition coefficient (Wildman–Crippen LogP) is 1.50. The van der Waals surface area contributed by atoms with Crippen molar-refractivity contribution >= 4 is 17.6 Å². The second-order valence-corrected chi connectivity index (χ2v) is 4.12. The first-order valence-corrected chi connectivity index (χ1v) is 5.48. The van der Waals surface area contributed by atoms with Crippen LogP contribution in [0.2, 0.25) is 0 Å². The molecule has 0 radical (unpaired) electrons. The monoisotopic (exact) mass is 260 g/mol. The second kappa shape index (κ2) is 5.29. The number of rotatable bonds is 5. The lowest BCUT2D eigenvalue weighted by Crippen LogP contribution is -2.52. The van der Waals surface area contributed by atoms with Crippen LogP contribution in [0.3, 0.4) is 0 Å². The first kappa shape index (κ1) is 13.7. The molecule has 0 aromatic heterocycles. The topological polar surface area (TPSA) is 92.5 Å². The zero-order chi connectivity index (χ0) is 13.1. The van der Waals surface area contributed by atoms with Crippen molar-refractivity contribution in [2.24, 2.45) is 0 Å². The molecule has 1 aliphatic rings. The summed E-state index contributed by atoms with van der Waals surface area (Å²) < 4.78 is 0. The number of carboxylic acids is 1. The molecule has 0 aliphatic heterocycles. The Morgan fingerprint density at radius 3 is 2.88 bits per heavy atom. The summed E-state index contributed by atoms with van der Waals surface area (Å²) in [5, 5.41) is 22.6. The van der Waals surface area contributed by atoms with E-state index in [4.69, 9.17) is 16.7 Å². The van der Waals surface area contributed by atoms with Crippen LogP contribution in [-0.4, -0.2) is 28.2 Å². The molecule has 6 nitrogen and oxygen atoms in total. The van der Waals surface area contributed by atoms with Crippen LogP contribution in [0.5, 0.6) is 0 Å². The van der Waals surface area contributed by atoms with Gasteiger partial charge in [0.2, 0.25) is 0 Å². The molecule has 1 aliphatic carbocycles. The van der Waals surface area contributed by atoms with E-state index in [1.165, 1.54) is 12.2 Å². The Kier molecular flexibility index (Phi) is 4.25. The highest BCUT2D eigenvalue weighted by Gasteiger charge is 2.42. The fraction of sp³-hybridized carbons (Fsp3) is 0.500. The van der Waals surface area contributed by atoms with E-state index in [0.29, 0.717) is 17.0 Å². The van der Waals surface area contributed by atoms with Crippen LogP contribution < -0.4 is 5.32 Å². The van der Waals surface area contributed by atoms with Gasteiger partial charge in [-0.2, -0.15) is 0 Å². The summed E-state index contributed by atoms with van der Waals surface area (Å²) >= 11 is 5.90. The smallest absolute Gasteiger partial charge is 0.317 e. The number of hydrogen-bond acceptors (Lipinski definition) is 4. The summed E-state index contributed by atoms with van der Waals surface area (Å²) in [4.78, 5) is 21.0.